The summed E-state index contributed by atoms with van der Waals surface area (Å²) in [6.45, 7) is 6.35. The first-order chi connectivity index (χ1) is 14.8. The third-order valence-corrected chi connectivity index (χ3v) is 6.35. The van der Waals surface area contributed by atoms with E-state index < -0.39 is 0 Å². The van der Waals surface area contributed by atoms with Gasteiger partial charge in [-0.2, -0.15) is 0 Å². The van der Waals surface area contributed by atoms with Gasteiger partial charge in [-0.3, -0.25) is 14.4 Å². The molecular weight excluding hydrogens is 390 g/mol. The molecule has 2 aliphatic rings. The van der Waals surface area contributed by atoms with Crippen molar-refractivity contribution in [3.05, 3.63) is 59.2 Å². The van der Waals surface area contributed by atoms with Gasteiger partial charge < -0.3 is 15.5 Å². The Morgan fingerprint density at radius 2 is 1.71 bits per heavy atom. The van der Waals surface area contributed by atoms with Crippen molar-refractivity contribution in [1.29, 1.82) is 0 Å². The molecule has 31 heavy (non-hydrogen) atoms. The van der Waals surface area contributed by atoms with Crippen LogP contribution in [0.3, 0.4) is 0 Å². The summed E-state index contributed by atoms with van der Waals surface area (Å²) in [7, 11) is 0. The first-order valence-corrected chi connectivity index (χ1v) is 10.9. The maximum absolute atomic E-state index is 12.9. The van der Waals surface area contributed by atoms with Crippen LogP contribution in [0, 0.1) is 25.7 Å². The summed E-state index contributed by atoms with van der Waals surface area (Å²) in [5.74, 6) is -0.257. The van der Waals surface area contributed by atoms with Gasteiger partial charge in [0.2, 0.25) is 17.7 Å². The van der Waals surface area contributed by atoms with Crippen molar-refractivity contribution in [1.82, 2.24) is 5.32 Å². The number of anilines is 2. The largest absolute Gasteiger partial charge is 0.349 e. The Bertz CT molecular complexity index is 1010. The lowest BCUT2D eigenvalue weighted by atomic mass is 10.0. The van der Waals surface area contributed by atoms with E-state index in [-0.39, 0.29) is 42.0 Å². The zero-order chi connectivity index (χ0) is 22.1. The molecule has 0 bridgehead atoms. The summed E-state index contributed by atoms with van der Waals surface area (Å²) in [4.78, 5) is 39.1. The second-order valence-corrected chi connectivity index (χ2v) is 8.74. The molecule has 4 rings (SSSR count). The number of carbonyl (C=O) groups is 3. The Hall–Kier alpha value is -3.15. The molecule has 1 saturated carbocycles. The van der Waals surface area contributed by atoms with Crippen LogP contribution >= 0.6 is 0 Å². The molecule has 1 heterocycles. The molecule has 2 atom stereocenters. The van der Waals surface area contributed by atoms with Crippen molar-refractivity contribution in [2.75, 3.05) is 16.8 Å². The molecular formula is C25H29N3O3. The third kappa shape index (κ3) is 4.63. The van der Waals surface area contributed by atoms with E-state index in [1.165, 1.54) is 0 Å². The minimum Gasteiger partial charge on any atom is -0.349 e. The van der Waals surface area contributed by atoms with E-state index in [0.29, 0.717) is 6.54 Å². The van der Waals surface area contributed by atoms with Gasteiger partial charge in [0.05, 0.1) is 12.0 Å². The second-order valence-electron chi connectivity index (χ2n) is 8.74. The SMILES string of the molecule is Cc1cccc(N2CC(C(=O)NC(C)c3ccc(NC(=O)C4CC4)cc3)CC2=O)c1C. The molecule has 2 N–H and O–H groups in total. The number of nitrogens with one attached hydrogen (secondary N) is 2. The third-order valence-electron chi connectivity index (χ3n) is 6.35. The molecule has 0 spiro atoms. The Morgan fingerprint density at radius 3 is 2.39 bits per heavy atom. The highest BCUT2D eigenvalue weighted by atomic mass is 16.2. The maximum Gasteiger partial charge on any atom is 0.227 e. The lowest BCUT2D eigenvalue weighted by Crippen LogP contribution is -2.34. The fraction of sp³-hybridized carbons (Fsp3) is 0.400. The van der Waals surface area contributed by atoms with Crippen LogP contribution in [-0.2, 0) is 14.4 Å². The van der Waals surface area contributed by atoms with E-state index in [4.69, 9.17) is 0 Å². The van der Waals surface area contributed by atoms with Crippen LogP contribution in [0.4, 0.5) is 11.4 Å². The van der Waals surface area contributed by atoms with Crippen molar-refractivity contribution in [2.45, 2.75) is 46.1 Å². The topological polar surface area (TPSA) is 78.5 Å². The van der Waals surface area contributed by atoms with Gasteiger partial charge in [0.15, 0.2) is 0 Å². The fourth-order valence-corrected chi connectivity index (χ4v) is 4.00. The van der Waals surface area contributed by atoms with E-state index in [1.807, 2.05) is 63.2 Å². The summed E-state index contributed by atoms with van der Waals surface area (Å²) < 4.78 is 0. The fourth-order valence-electron chi connectivity index (χ4n) is 4.00. The first-order valence-electron chi connectivity index (χ1n) is 10.9. The highest BCUT2D eigenvalue weighted by Crippen LogP contribution is 2.31. The number of hydrogen-bond acceptors (Lipinski definition) is 3. The van der Waals surface area contributed by atoms with Gasteiger partial charge >= 0.3 is 0 Å². The molecule has 162 valence electrons. The average Bonchev–Trinajstić information content (AvgIpc) is 3.53. The summed E-state index contributed by atoms with van der Waals surface area (Å²) in [5, 5.41) is 5.96. The van der Waals surface area contributed by atoms with Gasteiger partial charge in [0.25, 0.3) is 0 Å². The van der Waals surface area contributed by atoms with Crippen LogP contribution < -0.4 is 15.5 Å². The van der Waals surface area contributed by atoms with Crippen LogP contribution in [0.5, 0.6) is 0 Å². The second kappa shape index (κ2) is 8.53. The standard InChI is InChI=1S/C25H29N3O3/c1-15-5-4-6-22(16(15)2)28-14-20(13-23(28)29)25(31)26-17(3)18-9-11-21(12-10-18)27-24(30)19-7-8-19/h4-6,9-12,17,19-20H,7-8,13-14H2,1-3H3,(H,26,31)(H,27,30). The summed E-state index contributed by atoms with van der Waals surface area (Å²) in [5.41, 5.74) is 4.80. The molecule has 1 aliphatic heterocycles. The molecule has 1 saturated heterocycles. The summed E-state index contributed by atoms with van der Waals surface area (Å²) in [6, 6.07) is 13.3. The number of aryl methyl sites for hydroxylation is 1. The van der Waals surface area contributed by atoms with Gasteiger partial charge in [0, 0.05) is 30.3 Å². The van der Waals surface area contributed by atoms with E-state index >= 15 is 0 Å². The van der Waals surface area contributed by atoms with Crippen molar-refractivity contribution < 1.29 is 14.4 Å². The van der Waals surface area contributed by atoms with Crippen molar-refractivity contribution in [2.24, 2.45) is 11.8 Å². The van der Waals surface area contributed by atoms with Gasteiger partial charge in [0.1, 0.15) is 0 Å². The molecule has 2 fully saturated rings. The van der Waals surface area contributed by atoms with Crippen LogP contribution in [0.25, 0.3) is 0 Å². The number of carbonyl (C=O) groups excluding carboxylic acids is 3. The number of nitrogens with zero attached hydrogens (tertiary/aromatic N) is 1. The number of hydrogen-bond donors (Lipinski definition) is 2. The molecule has 2 aromatic carbocycles. The molecule has 0 aromatic heterocycles. The predicted octanol–water partition coefficient (Wildman–Crippen LogP) is 3.88. The van der Waals surface area contributed by atoms with E-state index in [0.717, 1.165) is 40.9 Å². The molecule has 0 radical (unpaired) electrons. The molecule has 2 unspecified atom stereocenters. The average molecular weight is 420 g/mol. The van der Waals surface area contributed by atoms with E-state index in [9.17, 15) is 14.4 Å². The van der Waals surface area contributed by atoms with Gasteiger partial charge in [-0.15, -0.1) is 0 Å². The minimum absolute atomic E-state index is 0.0164. The Kier molecular flexibility index (Phi) is 5.81. The highest BCUT2D eigenvalue weighted by Gasteiger charge is 2.36. The van der Waals surface area contributed by atoms with Crippen molar-refractivity contribution >= 4 is 29.1 Å². The first kappa shape index (κ1) is 21.1. The van der Waals surface area contributed by atoms with Gasteiger partial charge in [-0.25, -0.2) is 0 Å². The maximum atomic E-state index is 12.9. The van der Waals surface area contributed by atoms with Crippen LogP contribution in [0.1, 0.15) is 48.9 Å². The van der Waals surface area contributed by atoms with Crippen LogP contribution in [0.2, 0.25) is 0 Å². The van der Waals surface area contributed by atoms with Gasteiger partial charge in [-0.1, -0.05) is 24.3 Å². The molecule has 2 aromatic rings. The van der Waals surface area contributed by atoms with E-state index in [1.54, 1.807) is 4.90 Å². The summed E-state index contributed by atoms with van der Waals surface area (Å²) >= 11 is 0. The number of benzene rings is 2. The van der Waals surface area contributed by atoms with Crippen molar-refractivity contribution in [3.63, 3.8) is 0 Å². The minimum atomic E-state index is -0.369. The van der Waals surface area contributed by atoms with Crippen LogP contribution in [0.15, 0.2) is 42.5 Å². The quantitative estimate of drug-likeness (QED) is 0.746. The van der Waals surface area contributed by atoms with Crippen molar-refractivity contribution in [3.8, 4) is 0 Å². The molecule has 1 aliphatic carbocycles. The normalized spacial score (nSPS) is 19.3. The zero-order valence-corrected chi connectivity index (χ0v) is 18.3. The molecule has 6 heteroatoms. The lowest BCUT2D eigenvalue weighted by molar-refractivity contribution is -0.126. The van der Waals surface area contributed by atoms with Gasteiger partial charge in [-0.05, 0) is 68.5 Å². The predicted molar refractivity (Wildman–Crippen MR) is 121 cm³/mol. The smallest absolute Gasteiger partial charge is 0.227 e. The lowest BCUT2D eigenvalue weighted by Gasteiger charge is -2.21. The molecule has 6 nitrogen and oxygen atoms in total. The molecule has 3 amide bonds. The number of amides is 3. The Labute approximate surface area is 183 Å². The number of rotatable bonds is 6. The Balaban J connectivity index is 1.36. The van der Waals surface area contributed by atoms with E-state index in [2.05, 4.69) is 10.6 Å². The monoisotopic (exact) mass is 419 g/mol. The Morgan fingerprint density at radius 1 is 1.00 bits per heavy atom. The van der Waals surface area contributed by atoms with Crippen LogP contribution in [-0.4, -0.2) is 24.3 Å². The highest BCUT2D eigenvalue weighted by molar-refractivity contribution is 6.01. The summed E-state index contributed by atoms with van der Waals surface area (Å²) in [6.07, 6.45) is 2.16. The zero-order valence-electron chi connectivity index (χ0n) is 18.3.